The van der Waals surface area contributed by atoms with Gasteiger partial charge in [-0.2, -0.15) is 5.26 Å². The van der Waals surface area contributed by atoms with E-state index in [0.29, 0.717) is 12.1 Å². The first-order valence-corrected chi connectivity index (χ1v) is 8.50. The molecule has 1 aromatic rings. The molecule has 0 aromatic heterocycles. The summed E-state index contributed by atoms with van der Waals surface area (Å²) in [5, 5.41) is 12.6. The summed E-state index contributed by atoms with van der Waals surface area (Å²) in [6, 6.07) is 9.88. The van der Waals surface area contributed by atoms with Crippen molar-refractivity contribution in [2.45, 2.75) is 46.0 Å². The number of carbonyl (C=O) groups excluding carboxylic acids is 2. The van der Waals surface area contributed by atoms with Crippen LogP contribution in [-0.4, -0.2) is 18.5 Å². The number of nitriles is 1. The highest BCUT2D eigenvalue weighted by Gasteiger charge is 2.39. The Hall–Kier alpha value is -2.61. The van der Waals surface area contributed by atoms with Crippen molar-refractivity contribution in [1.29, 1.82) is 5.26 Å². The number of rotatable bonds is 9. The van der Waals surface area contributed by atoms with Crippen molar-refractivity contribution in [3.8, 4) is 6.07 Å². The van der Waals surface area contributed by atoms with Gasteiger partial charge in [0.2, 0.25) is 5.91 Å². The maximum atomic E-state index is 11.5. The molecular formula is C20H26N2O3. The molecule has 0 radical (unpaired) electrons. The van der Waals surface area contributed by atoms with Gasteiger partial charge in [0.05, 0.1) is 11.5 Å². The molecule has 1 rings (SSSR count). The van der Waals surface area contributed by atoms with Crippen molar-refractivity contribution in [2.24, 2.45) is 5.41 Å². The van der Waals surface area contributed by atoms with E-state index in [1.54, 1.807) is 0 Å². The molecule has 0 heterocycles. The van der Waals surface area contributed by atoms with Gasteiger partial charge in [-0.1, -0.05) is 39.0 Å². The zero-order valence-corrected chi connectivity index (χ0v) is 15.2. The van der Waals surface area contributed by atoms with Crippen LogP contribution in [-0.2, 0) is 14.3 Å². The molecule has 1 aromatic carbocycles. The van der Waals surface area contributed by atoms with Crippen molar-refractivity contribution in [3.63, 3.8) is 0 Å². The molecule has 5 heteroatoms. The van der Waals surface area contributed by atoms with Gasteiger partial charge < -0.3 is 10.1 Å². The minimum Gasteiger partial charge on any atom is -0.461 e. The fourth-order valence-electron chi connectivity index (χ4n) is 2.95. The van der Waals surface area contributed by atoms with Crippen LogP contribution in [0, 0.1) is 16.7 Å². The first kappa shape index (κ1) is 20.4. The Morgan fingerprint density at radius 2 is 2.00 bits per heavy atom. The lowest BCUT2D eigenvalue weighted by molar-refractivity contribution is -0.140. The molecular weight excluding hydrogens is 316 g/mol. The highest BCUT2D eigenvalue weighted by molar-refractivity contribution is 5.88. The van der Waals surface area contributed by atoms with E-state index in [2.05, 4.69) is 24.9 Å². The summed E-state index contributed by atoms with van der Waals surface area (Å²) >= 11 is 0. The quantitative estimate of drug-likeness (QED) is 0.539. The van der Waals surface area contributed by atoms with Gasteiger partial charge >= 0.3 is 5.97 Å². The van der Waals surface area contributed by atoms with Crippen LogP contribution in [0.15, 0.2) is 36.9 Å². The van der Waals surface area contributed by atoms with Gasteiger partial charge in [-0.15, -0.1) is 0 Å². The Labute approximate surface area is 149 Å². The molecule has 0 saturated heterocycles. The summed E-state index contributed by atoms with van der Waals surface area (Å²) < 4.78 is 5.23. The van der Waals surface area contributed by atoms with Crippen molar-refractivity contribution in [2.75, 3.05) is 11.9 Å². The van der Waals surface area contributed by atoms with Crippen molar-refractivity contribution >= 4 is 17.6 Å². The van der Waals surface area contributed by atoms with Crippen LogP contribution in [0.25, 0.3) is 0 Å². The number of anilines is 1. The maximum Gasteiger partial charge on any atom is 0.330 e. The molecule has 0 aliphatic rings. The van der Waals surface area contributed by atoms with Crippen LogP contribution < -0.4 is 5.32 Å². The summed E-state index contributed by atoms with van der Waals surface area (Å²) in [4.78, 5) is 22.6. The normalized spacial score (nSPS) is 13.8. The molecule has 134 valence electrons. The number of benzene rings is 1. The van der Waals surface area contributed by atoms with Gasteiger partial charge in [0, 0.05) is 24.6 Å². The van der Waals surface area contributed by atoms with Crippen molar-refractivity contribution in [1.82, 2.24) is 0 Å². The van der Waals surface area contributed by atoms with Gasteiger partial charge in [0.1, 0.15) is 6.61 Å². The molecule has 1 N–H and O–H groups in total. The lowest BCUT2D eigenvalue weighted by Gasteiger charge is -2.34. The summed E-state index contributed by atoms with van der Waals surface area (Å²) in [6.45, 7) is 8.87. The highest BCUT2D eigenvalue weighted by Crippen LogP contribution is 2.42. The first-order chi connectivity index (χ1) is 11.9. The summed E-state index contributed by atoms with van der Waals surface area (Å²) in [5.41, 5.74) is 0.905. The van der Waals surface area contributed by atoms with Crippen LogP contribution in [0.3, 0.4) is 0 Å². The SMILES string of the molecule is C=CC(=O)OCC(C#N)(CC)C(CCC)c1ccc(NC(C)=O)cc1. The minimum absolute atomic E-state index is 0.0307. The predicted molar refractivity (Wildman–Crippen MR) is 97.9 cm³/mol. The molecule has 0 bridgehead atoms. The summed E-state index contributed by atoms with van der Waals surface area (Å²) in [7, 11) is 0. The summed E-state index contributed by atoms with van der Waals surface area (Å²) in [5.74, 6) is -0.727. The largest absolute Gasteiger partial charge is 0.461 e. The Morgan fingerprint density at radius 3 is 2.44 bits per heavy atom. The number of carbonyl (C=O) groups is 2. The van der Waals surface area contributed by atoms with Gasteiger partial charge in [-0.05, 0) is 30.5 Å². The molecule has 2 atom stereocenters. The molecule has 5 nitrogen and oxygen atoms in total. The standard InChI is InChI=1S/C20H26N2O3/c1-5-8-18(16-9-11-17(12-10-16)22-15(4)23)20(7-3,13-21)14-25-19(24)6-2/h6,9-12,18H,2,5,7-8,14H2,1,3-4H3,(H,22,23). The van der Waals surface area contributed by atoms with Crippen molar-refractivity contribution < 1.29 is 14.3 Å². The second-order valence-electron chi connectivity index (χ2n) is 6.08. The maximum absolute atomic E-state index is 11.5. The number of amides is 1. The number of nitrogens with zero attached hydrogens (tertiary/aromatic N) is 1. The highest BCUT2D eigenvalue weighted by atomic mass is 16.5. The molecule has 0 aliphatic heterocycles. The number of hydrogen-bond acceptors (Lipinski definition) is 4. The van der Waals surface area contributed by atoms with Gasteiger partial charge in [-0.3, -0.25) is 4.79 Å². The van der Waals surface area contributed by atoms with Crippen molar-refractivity contribution in [3.05, 3.63) is 42.5 Å². The number of esters is 1. The van der Waals surface area contributed by atoms with Crippen LogP contribution >= 0.6 is 0 Å². The third-order valence-electron chi connectivity index (χ3n) is 4.37. The van der Waals surface area contributed by atoms with E-state index >= 15 is 0 Å². The number of hydrogen-bond donors (Lipinski definition) is 1. The lowest BCUT2D eigenvalue weighted by Crippen LogP contribution is -2.33. The van der Waals surface area contributed by atoms with E-state index in [0.717, 1.165) is 24.5 Å². The van der Waals surface area contributed by atoms with Crippen LogP contribution in [0.1, 0.15) is 51.5 Å². The average molecular weight is 342 g/mol. The smallest absolute Gasteiger partial charge is 0.330 e. The van der Waals surface area contributed by atoms with Gasteiger partial charge in [-0.25, -0.2) is 4.79 Å². The minimum atomic E-state index is -0.801. The van der Waals surface area contributed by atoms with E-state index in [-0.39, 0.29) is 18.4 Å². The molecule has 0 spiro atoms. The molecule has 0 fully saturated rings. The third kappa shape index (κ3) is 5.46. The zero-order valence-electron chi connectivity index (χ0n) is 15.2. The Balaban J connectivity index is 3.15. The van der Waals surface area contributed by atoms with E-state index < -0.39 is 11.4 Å². The molecule has 0 aliphatic carbocycles. The van der Waals surface area contributed by atoms with Crippen LogP contribution in [0.2, 0.25) is 0 Å². The lowest BCUT2D eigenvalue weighted by atomic mass is 9.69. The van der Waals surface area contributed by atoms with E-state index in [9.17, 15) is 14.9 Å². The molecule has 1 amide bonds. The van der Waals surface area contributed by atoms with E-state index in [1.807, 2.05) is 31.2 Å². The fraction of sp³-hybridized carbons (Fsp3) is 0.450. The monoisotopic (exact) mass is 342 g/mol. The molecule has 2 unspecified atom stereocenters. The predicted octanol–water partition coefficient (Wildman–Crippen LogP) is 4.18. The zero-order chi connectivity index (χ0) is 18.9. The van der Waals surface area contributed by atoms with Gasteiger partial charge in [0.15, 0.2) is 0 Å². The molecule has 25 heavy (non-hydrogen) atoms. The van der Waals surface area contributed by atoms with E-state index in [1.165, 1.54) is 6.92 Å². The molecule has 0 saturated carbocycles. The number of nitrogens with one attached hydrogen (secondary N) is 1. The second-order valence-corrected chi connectivity index (χ2v) is 6.08. The second kappa shape index (κ2) is 9.63. The topological polar surface area (TPSA) is 79.2 Å². The summed E-state index contributed by atoms with van der Waals surface area (Å²) in [6.07, 6.45) is 3.37. The Bertz CT molecular complexity index is 646. The van der Waals surface area contributed by atoms with Crippen LogP contribution in [0.5, 0.6) is 0 Å². The fourth-order valence-corrected chi connectivity index (χ4v) is 2.95. The Morgan fingerprint density at radius 1 is 1.36 bits per heavy atom. The third-order valence-corrected chi connectivity index (χ3v) is 4.37. The van der Waals surface area contributed by atoms with Crippen LogP contribution in [0.4, 0.5) is 5.69 Å². The number of ether oxygens (including phenoxy) is 1. The average Bonchev–Trinajstić information content (AvgIpc) is 2.61. The van der Waals surface area contributed by atoms with E-state index in [4.69, 9.17) is 4.74 Å². The van der Waals surface area contributed by atoms with Gasteiger partial charge in [0.25, 0.3) is 0 Å². The first-order valence-electron chi connectivity index (χ1n) is 8.50. The Kier molecular flexibility index (Phi) is 7.87.